The van der Waals surface area contributed by atoms with E-state index < -0.39 is 34.7 Å². The summed E-state index contributed by atoms with van der Waals surface area (Å²) in [5.41, 5.74) is 3.56. The van der Waals surface area contributed by atoms with Gasteiger partial charge in [-0.05, 0) is 62.9 Å². The maximum absolute atomic E-state index is 14.0. The van der Waals surface area contributed by atoms with Crippen molar-refractivity contribution in [2.75, 3.05) is 12.9 Å². The molecule has 3 N–H and O–H groups in total. The fraction of sp³-hybridized carbons (Fsp3) is 0.364. The highest BCUT2D eigenvalue weighted by molar-refractivity contribution is 8.00. The van der Waals surface area contributed by atoms with Crippen molar-refractivity contribution in [3.05, 3.63) is 101 Å². The fourth-order valence-corrected chi connectivity index (χ4v) is 6.42. The Kier molecular flexibility index (Phi) is 9.64. The number of likely N-dealkylation sites (N-methyl/N-ethyl adjacent to an activating group) is 1. The normalized spacial score (nSPS) is 17.4. The van der Waals surface area contributed by atoms with Crippen LogP contribution in [0, 0.1) is 13.8 Å². The first-order valence-electron chi connectivity index (χ1n) is 14.0. The number of rotatable bonds is 9. The summed E-state index contributed by atoms with van der Waals surface area (Å²) in [5, 5.41) is 24.5. The third-order valence-electron chi connectivity index (χ3n) is 7.91. The van der Waals surface area contributed by atoms with E-state index in [1.54, 1.807) is 31.0 Å². The van der Waals surface area contributed by atoms with Gasteiger partial charge in [0.15, 0.2) is 6.10 Å². The lowest BCUT2D eigenvalue weighted by Crippen LogP contribution is -2.58. The van der Waals surface area contributed by atoms with Crippen LogP contribution in [0.25, 0.3) is 0 Å². The van der Waals surface area contributed by atoms with E-state index in [4.69, 9.17) is 0 Å². The summed E-state index contributed by atoms with van der Waals surface area (Å²) in [4.78, 5) is 44.2. The summed E-state index contributed by atoms with van der Waals surface area (Å²) in [7, 11) is 1.73. The van der Waals surface area contributed by atoms with Crippen molar-refractivity contribution < 1.29 is 24.6 Å². The number of carbonyl (C=O) groups is 3. The van der Waals surface area contributed by atoms with Gasteiger partial charge in [-0.25, -0.2) is 0 Å². The van der Waals surface area contributed by atoms with Crippen LogP contribution in [0.2, 0.25) is 0 Å². The molecule has 0 aromatic heterocycles. The fourth-order valence-electron chi connectivity index (χ4n) is 5.28. The zero-order valence-corrected chi connectivity index (χ0v) is 25.5. The van der Waals surface area contributed by atoms with Gasteiger partial charge >= 0.3 is 0 Å². The largest absolute Gasteiger partial charge is 0.508 e. The van der Waals surface area contributed by atoms with Crippen LogP contribution in [0.3, 0.4) is 0 Å². The first-order chi connectivity index (χ1) is 19.9. The Morgan fingerprint density at radius 3 is 2.38 bits per heavy atom. The van der Waals surface area contributed by atoms with E-state index in [9.17, 15) is 24.6 Å². The Morgan fingerprint density at radius 1 is 1.02 bits per heavy atom. The predicted octanol–water partition coefficient (Wildman–Crippen LogP) is 4.05. The van der Waals surface area contributed by atoms with Gasteiger partial charge in [0.2, 0.25) is 5.91 Å². The third kappa shape index (κ3) is 6.79. The maximum atomic E-state index is 14.0. The molecule has 1 fully saturated rings. The molecular formula is C33H39N3O5S. The van der Waals surface area contributed by atoms with Crippen LogP contribution in [0.5, 0.6) is 5.75 Å². The van der Waals surface area contributed by atoms with Crippen LogP contribution in [-0.4, -0.2) is 73.6 Å². The molecule has 3 aromatic carbocycles. The minimum Gasteiger partial charge on any atom is -0.508 e. The van der Waals surface area contributed by atoms with Gasteiger partial charge in [-0.2, -0.15) is 0 Å². The highest BCUT2D eigenvalue weighted by atomic mass is 32.2. The second-order valence-corrected chi connectivity index (χ2v) is 13.0. The lowest BCUT2D eigenvalue weighted by atomic mass is 9.96. The number of benzene rings is 3. The Bertz CT molecular complexity index is 1440. The molecule has 0 radical (unpaired) electrons. The van der Waals surface area contributed by atoms with E-state index >= 15 is 0 Å². The predicted molar refractivity (Wildman–Crippen MR) is 165 cm³/mol. The summed E-state index contributed by atoms with van der Waals surface area (Å²) < 4.78 is -0.594. The molecule has 222 valence electrons. The van der Waals surface area contributed by atoms with Crippen LogP contribution in [0.15, 0.2) is 72.8 Å². The molecule has 0 unspecified atom stereocenters. The Hall–Kier alpha value is -3.82. The Balaban J connectivity index is 1.59. The number of aliphatic hydroxyl groups excluding tert-OH is 1. The summed E-state index contributed by atoms with van der Waals surface area (Å²) in [6.07, 6.45) is -1.42. The van der Waals surface area contributed by atoms with E-state index in [1.807, 2.05) is 75.4 Å². The molecule has 0 saturated carbocycles. The molecule has 3 aromatic rings. The molecule has 1 aliphatic heterocycles. The molecule has 1 heterocycles. The highest BCUT2D eigenvalue weighted by Crippen LogP contribution is 2.40. The SMILES string of the molecule is Cc1ccccc1CN(C)C(=O)[C@H]1N(C(=O)[C@@H](O)[C@H](Cc2ccccc2)NC(=O)c2cccc(O)c2C)CSC1(C)C. The van der Waals surface area contributed by atoms with Crippen molar-refractivity contribution in [2.45, 2.75) is 63.6 Å². The summed E-state index contributed by atoms with van der Waals surface area (Å²) in [6.45, 7) is 7.87. The lowest BCUT2D eigenvalue weighted by Gasteiger charge is -2.35. The van der Waals surface area contributed by atoms with E-state index in [-0.39, 0.29) is 29.5 Å². The maximum Gasteiger partial charge on any atom is 0.254 e. The van der Waals surface area contributed by atoms with Gasteiger partial charge in [0, 0.05) is 29.5 Å². The van der Waals surface area contributed by atoms with Crippen LogP contribution in [0.4, 0.5) is 0 Å². The molecular weight excluding hydrogens is 550 g/mol. The number of aryl methyl sites for hydroxylation is 1. The molecule has 1 aliphatic rings. The molecule has 1 saturated heterocycles. The van der Waals surface area contributed by atoms with Crippen molar-refractivity contribution in [1.82, 2.24) is 15.1 Å². The van der Waals surface area contributed by atoms with E-state index in [0.29, 0.717) is 12.1 Å². The number of carbonyl (C=O) groups excluding carboxylic acids is 3. The number of phenolic OH excluding ortho intramolecular Hbond substituents is 1. The average molecular weight is 590 g/mol. The monoisotopic (exact) mass is 589 g/mol. The minimum atomic E-state index is -1.61. The van der Waals surface area contributed by atoms with Crippen molar-refractivity contribution in [1.29, 1.82) is 0 Å². The topological polar surface area (TPSA) is 110 Å². The quantitative estimate of drug-likeness (QED) is 0.348. The molecule has 3 amide bonds. The minimum absolute atomic E-state index is 0.0219. The zero-order chi connectivity index (χ0) is 30.6. The van der Waals surface area contributed by atoms with Crippen molar-refractivity contribution in [3.63, 3.8) is 0 Å². The molecule has 0 bridgehead atoms. The van der Waals surface area contributed by atoms with Gasteiger partial charge in [0.05, 0.1) is 11.9 Å². The second kappa shape index (κ2) is 13.0. The first-order valence-corrected chi connectivity index (χ1v) is 14.9. The Labute approximate surface area is 251 Å². The van der Waals surface area contributed by atoms with Gasteiger partial charge in [0.25, 0.3) is 11.8 Å². The number of phenols is 1. The zero-order valence-electron chi connectivity index (χ0n) is 24.7. The average Bonchev–Trinajstić information content (AvgIpc) is 3.29. The summed E-state index contributed by atoms with van der Waals surface area (Å²) in [5.74, 6) is -1.14. The smallest absolute Gasteiger partial charge is 0.254 e. The van der Waals surface area contributed by atoms with Crippen LogP contribution >= 0.6 is 11.8 Å². The second-order valence-electron chi connectivity index (χ2n) is 11.4. The van der Waals surface area contributed by atoms with Crippen molar-refractivity contribution in [3.8, 4) is 5.75 Å². The molecule has 9 heteroatoms. The van der Waals surface area contributed by atoms with Crippen molar-refractivity contribution in [2.24, 2.45) is 0 Å². The molecule has 3 atom stereocenters. The van der Waals surface area contributed by atoms with Crippen LogP contribution in [0.1, 0.15) is 46.5 Å². The first kappa shape index (κ1) is 31.1. The molecule has 4 rings (SSSR count). The molecule has 0 aliphatic carbocycles. The number of amides is 3. The molecule has 0 spiro atoms. The van der Waals surface area contributed by atoms with E-state index in [1.165, 1.54) is 22.7 Å². The van der Waals surface area contributed by atoms with E-state index in [2.05, 4.69) is 5.32 Å². The van der Waals surface area contributed by atoms with Crippen molar-refractivity contribution >= 4 is 29.5 Å². The molecule has 42 heavy (non-hydrogen) atoms. The number of thioether (sulfide) groups is 1. The Morgan fingerprint density at radius 2 is 1.69 bits per heavy atom. The number of nitrogens with one attached hydrogen (secondary N) is 1. The number of hydrogen-bond acceptors (Lipinski definition) is 6. The standard InChI is InChI=1S/C33H39N3O5S/c1-21-12-9-10-15-24(21)19-35(5)32(41)29-33(3,4)42-20-36(29)31(40)28(38)26(18-23-13-7-6-8-14-23)34-30(39)25-16-11-17-27(37)22(25)2/h6-17,26,28-29,37-38H,18-20H2,1-5H3,(H,34,39)/t26-,28-,29+/m0/s1. The number of aliphatic hydroxyl groups is 1. The van der Waals surface area contributed by atoms with Gasteiger partial charge in [0.1, 0.15) is 11.8 Å². The van der Waals surface area contributed by atoms with Crippen LogP contribution in [-0.2, 0) is 22.6 Å². The van der Waals surface area contributed by atoms with Gasteiger partial charge in [-0.15, -0.1) is 11.8 Å². The molecule has 8 nitrogen and oxygen atoms in total. The summed E-state index contributed by atoms with van der Waals surface area (Å²) >= 11 is 1.48. The van der Waals surface area contributed by atoms with Gasteiger partial charge < -0.3 is 25.3 Å². The van der Waals surface area contributed by atoms with Crippen LogP contribution < -0.4 is 5.32 Å². The third-order valence-corrected chi connectivity index (χ3v) is 9.28. The van der Waals surface area contributed by atoms with Gasteiger partial charge in [-0.1, -0.05) is 60.7 Å². The number of aromatic hydroxyl groups is 1. The number of nitrogens with zero attached hydrogens (tertiary/aromatic N) is 2. The highest BCUT2D eigenvalue weighted by Gasteiger charge is 2.50. The summed E-state index contributed by atoms with van der Waals surface area (Å²) in [6, 6.07) is 20.0. The lowest BCUT2D eigenvalue weighted by molar-refractivity contribution is -0.150. The van der Waals surface area contributed by atoms with E-state index in [0.717, 1.165) is 16.7 Å². The van der Waals surface area contributed by atoms with Gasteiger partial charge in [-0.3, -0.25) is 14.4 Å². The number of hydrogen-bond donors (Lipinski definition) is 3.